The van der Waals surface area contributed by atoms with E-state index in [2.05, 4.69) is 136 Å². The number of aryl methyl sites for hydroxylation is 5. The molecule has 5 aliphatic heterocycles. The fraction of sp³-hybridized carbons (Fsp3) is 0.333. The van der Waals surface area contributed by atoms with Crippen LogP contribution in [0, 0.1) is 59.4 Å². The summed E-state index contributed by atoms with van der Waals surface area (Å²) in [6, 6.07) is 49.3. The van der Waals surface area contributed by atoms with Gasteiger partial charge in [-0.1, -0.05) is 103 Å². The molecule has 19 rings (SSSR count). The molecule has 5 saturated heterocycles. The number of ether oxygens (including phenoxy) is 7. The van der Waals surface area contributed by atoms with Gasteiger partial charge in [0.25, 0.3) is 0 Å². The highest BCUT2D eigenvalue weighted by atomic mass is 35.5. The van der Waals surface area contributed by atoms with Gasteiger partial charge in [-0.25, -0.2) is 38.2 Å². The van der Waals surface area contributed by atoms with Crippen molar-refractivity contribution in [1.29, 1.82) is 0 Å². The summed E-state index contributed by atoms with van der Waals surface area (Å²) in [5.74, 6) is -0.00978. The summed E-state index contributed by atoms with van der Waals surface area (Å²) < 4.78 is 65.9. The largest absolute Gasteiger partial charge is 0.497 e. The van der Waals surface area contributed by atoms with E-state index in [9.17, 15) is 18.7 Å². The van der Waals surface area contributed by atoms with Crippen molar-refractivity contribution in [2.45, 2.75) is 66.7 Å². The van der Waals surface area contributed by atoms with Crippen molar-refractivity contribution in [2.24, 2.45) is 0 Å². The van der Waals surface area contributed by atoms with Crippen LogP contribution >= 0.6 is 79.6 Å². The second kappa shape index (κ2) is 41.7. The monoisotopic (exact) mass is 1800 g/mol. The molecule has 124 heavy (non-hydrogen) atoms. The van der Waals surface area contributed by atoms with Crippen molar-refractivity contribution >= 4 is 165 Å². The standard InChI is InChI=1S/C21H19FN2OS.C20H22N2O2S.C19H19ClN2O4S.C19H19FN2OS.C17H18N2OS2/c1-14-19(20(23-2)21(26-14)24-7-9-25-10-8-24)12-15-3-4-16-5-6-18(22)13-17(16)11-15;1-14-19(21-20(25-14)22-7-9-24-10-8-22)12-15-3-4-17-13-18(23-2)6-5-16(17)11-15;1-11-8-14(20)15(25-3)10-12(11)9-13-16(21-2)18(27-17(13)19(23)24)22-4-6-26-7-5-22;1-13-18(21-19(24-13)22-6-8-23-9-7-22)11-14-2-3-16-12-17(20)5-4-15(16)10-14;1-12-15(18-17(21-12)19-6-8-20-9-7-19)11-14-10-13-4-2-3-5-16(13)22-14/h3-6,11,13H,7-10,12H2,1H3;3-6,11,13H,7-10,12H2,1-2H3;8,10H,4-7,9H2,1,3H3,(H,23,24);2-5,10,12H,6-9,11H2,1H3;2-5,10H,6-9,11H2,1H3. The van der Waals surface area contributed by atoms with E-state index in [1.807, 2.05) is 70.9 Å². The molecule has 0 atom stereocenters. The van der Waals surface area contributed by atoms with E-state index in [1.54, 1.807) is 65.4 Å². The fourth-order valence-electron chi connectivity index (χ4n) is 15.5. The molecular weight excluding hydrogens is 1700 g/mol. The first kappa shape index (κ1) is 88.6. The number of anilines is 5. The second-order valence-electron chi connectivity index (χ2n) is 30.6. The Hall–Kier alpha value is -10.2. The Morgan fingerprint density at radius 2 is 0.863 bits per heavy atom. The van der Waals surface area contributed by atoms with Crippen LogP contribution in [0.4, 0.5) is 45.6 Å². The zero-order chi connectivity index (χ0) is 86.3. The number of nitrogens with zero attached hydrogens (tertiary/aromatic N) is 10. The van der Waals surface area contributed by atoms with Gasteiger partial charge in [-0.3, -0.25) is 0 Å². The first-order chi connectivity index (χ1) is 60.3. The number of rotatable bonds is 18. The zero-order valence-corrected chi connectivity index (χ0v) is 76.0. The van der Waals surface area contributed by atoms with E-state index >= 15 is 0 Å². The Balaban J connectivity index is 0.000000120. The maximum atomic E-state index is 13.5. The van der Waals surface area contributed by atoms with E-state index in [0.717, 1.165) is 204 Å². The molecule has 5 aliphatic rings. The third-order valence-corrected chi connectivity index (χ3v) is 29.5. The van der Waals surface area contributed by atoms with Crippen molar-refractivity contribution in [3.8, 4) is 11.5 Å². The van der Waals surface area contributed by atoms with E-state index in [0.29, 0.717) is 79.4 Å². The number of methoxy groups -OCH3 is 2. The molecule has 5 fully saturated rings. The van der Waals surface area contributed by atoms with E-state index < -0.39 is 5.97 Å². The highest BCUT2D eigenvalue weighted by molar-refractivity contribution is 7.19. The number of fused-ring (bicyclic) bond motifs is 4. The number of carbonyl (C=O) groups is 1. The molecule has 0 amide bonds. The molecule has 0 saturated carbocycles. The molecule has 14 aromatic rings. The van der Waals surface area contributed by atoms with Gasteiger partial charge in [-0.2, -0.15) is 0 Å². The third kappa shape index (κ3) is 21.8. The molecule has 0 bridgehead atoms. The predicted octanol–water partition coefficient (Wildman–Crippen LogP) is 22.0. The van der Waals surface area contributed by atoms with E-state index in [1.165, 1.54) is 87.0 Å². The molecular formula is C96H97ClF2N10O9S6. The van der Waals surface area contributed by atoms with Crippen molar-refractivity contribution < 1.29 is 51.8 Å². The summed E-state index contributed by atoms with van der Waals surface area (Å²) in [4.78, 5) is 52.0. The molecule has 6 aromatic heterocycles. The number of thiazole rings is 3. The summed E-state index contributed by atoms with van der Waals surface area (Å²) in [6.45, 7) is 41.7. The molecule has 11 heterocycles. The zero-order valence-electron chi connectivity index (χ0n) is 70.4. The number of hydrogen-bond donors (Lipinski definition) is 1. The molecule has 0 spiro atoms. The number of morpholine rings is 5. The first-order valence-corrected chi connectivity index (χ1v) is 46.6. The quantitative estimate of drug-likeness (QED) is 0.0806. The SMILES string of the molecule is COc1ccc2cc(Cc3nc(N4CCOCC4)sc3C)ccc2c1.Cc1sc(N2CCOCC2)nc1Cc1cc2ccccc2s1.Cc1sc(N2CCOCC2)nc1Cc1ccc2cc(F)ccc2c1.[C-]#[N+]c1c(N2CCOCC2)sc(C(=O)O)c1Cc1cc(OC)c(Cl)cc1C.[C-]#[N+]c1c(N2CCOCC2)sc(C)c1Cc1ccc2ccc(F)cc2c1. The Morgan fingerprint density at radius 1 is 0.435 bits per heavy atom. The summed E-state index contributed by atoms with van der Waals surface area (Å²) >= 11 is 16.3. The van der Waals surface area contributed by atoms with Gasteiger partial charge in [0, 0.05) is 109 Å². The van der Waals surface area contributed by atoms with Gasteiger partial charge in [0.2, 0.25) is 11.4 Å². The van der Waals surface area contributed by atoms with Crippen LogP contribution in [0.25, 0.3) is 52.1 Å². The van der Waals surface area contributed by atoms with Crippen LogP contribution in [-0.2, 0) is 55.8 Å². The van der Waals surface area contributed by atoms with Crippen LogP contribution in [-0.4, -0.2) is 172 Å². The first-order valence-electron chi connectivity index (χ1n) is 41.3. The van der Waals surface area contributed by atoms with Crippen LogP contribution < -0.4 is 34.0 Å². The van der Waals surface area contributed by atoms with Crippen LogP contribution in [0.15, 0.2) is 152 Å². The van der Waals surface area contributed by atoms with Gasteiger partial charge in [0.1, 0.15) is 28.0 Å². The molecule has 0 unspecified atom stereocenters. The number of carboxylic acids is 1. The molecule has 642 valence electrons. The normalized spacial score (nSPS) is 14.8. The lowest BCUT2D eigenvalue weighted by Crippen LogP contribution is -2.36. The van der Waals surface area contributed by atoms with Crippen molar-refractivity contribution in [1.82, 2.24) is 15.0 Å². The minimum Gasteiger partial charge on any atom is -0.497 e. The fourth-order valence-corrected chi connectivity index (χ4v) is 22.1. The minimum absolute atomic E-state index is 0.194. The van der Waals surface area contributed by atoms with Crippen LogP contribution in [0.5, 0.6) is 11.5 Å². The van der Waals surface area contributed by atoms with Gasteiger partial charge in [0.15, 0.2) is 15.4 Å². The Morgan fingerprint density at radius 3 is 1.36 bits per heavy atom. The molecule has 1 N–H and O–H groups in total. The lowest BCUT2D eigenvalue weighted by Gasteiger charge is -2.28. The summed E-state index contributed by atoms with van der Waals surface area (Å²) in [5.41, 5.74) is 11.7. The Labute approximate surface area is 750 Å². The lowest BCUT2D eigenvalue weighted by molar-refractivity contribution is 0.0701. The molecule has 0 radical (unpaired) electrons. The van der Waals surface area contributed by atoms with Crippen molar-refractivity contribution in [2.75, 3.05) is 170 Å². The van der Waals surface area contributed by atoms with E-state index in [-0.39, 0.29) is 16.5 Å². The van der Waals surface area contributed by atoms with Gasteiger partial charge >= 0.3 is 5.97 Å². The van der Waals surface area contributed by atoms with Gasteiger partial charge in [0.05, 0.1) is 126 Å². The molecule has 0 aliphatic carbocycles. The number of carboxylic acid groups (broad SMARTS) is 1. The Bertz CT molecular complexity index is 6150. The van der Waals surface area contributed by atoms with E-state index in [4.69, 9.17) is 72.9 Å². The number of aromatic carboxylic acids is 1. The average molecular weight is 1800 g/mol. The molecule has 8 aromatic carbocycles. The van der Waals surface area contributed by atoms with Crippen molar-refractivity contribution in [3.05, 3.63) is 276 Å². The average Bonchev–Trinajstić information content (AvgIpc) is 1.63. The summed E-state index contributed by atoms with van der Waals surface area (Å²) in [6.07, 6.45) is 3.64. The van der Waals surface area contributed by atoms with Gasteiger partial charge in [-0.15, -0.1) is 68.0 Å². The third-order valence-electron chi connectivity index (χ3n) is 22.4. The molecule has 28 heteroatoms. The smallest absolute Gasteiger partial charge is 0.344 e. The number of halogens is 3. The highest BCUT2D eigenvalue weighted by Crippen LogP contribution is 2.47. The molecule has 19 nitrogen and oxygen atoms in total. The number of benzene rings is 8. The van der Waals surface area contributed by atoms with Crippen LogP contribution in [0.3, 0.4) is 0 Å². The maximum Gasteiger partial charge on any atom is 0.344 e. The van der Waals surface area contributed by atoms with Gasteiger partial charge in [-0.05, 0) is 190 Å². The van der Waals surface area contributed by atoms with Crippen LogP contribution in [0.1, 0.15) is 90.1 Å². The Kier molecular flexibility index (Phi) is 29.8. The lowest BCUT2D eigenvalue weighted by atomic mass is 9.99. The van der Waals surface area contributed by atoms with Gasteiger partial charge < -0.3 is 62.8 Å². The maximum absolute atomic E-state index is 13.5. The highest BCUT2D eigenvalue weighted by Gasteiger charge is 2.30. The van der Waals surface area contributed by atoms with Crippen molar-refractivity contribution in [3.63, 3.8) is 0 Å². The summed E-state index contributed by atoms with van der Waals surface area (Å²) in [5, 5.41) is 23.0. The predicted molar refractivity (Wildman–Crippen MR) is 505 cm³/mol. The topological polar surface area (TPSA) is 166 Å². The van der Waals surface area contributed by atoms with Crippen LogP contribution in [0.2, 0.25) is 5.02 Å². The minimum atomic E-state index is -1.02. The number of aromatic nitrogens is 3. The number of hydrogen-bond acceptors (Lipinski definition) is 22. The summed E-state index contributed by atoms with van der Waals surface area (Å²) in [7, 11) is 3.24. The number of thiophene rings is 3. The second-order valence-corrected chi connectivity index (χ2v) is 37.9.